The number of ether oxygens (including phenoxy) is 1. The maximum Gasteiger partial charge on any atom is 0.408 e. The summed E-state index contributed by atoms with van der Waals surface area (Å²) in [6.07, 6.45) is 1.33. The molecule has 1 amide bonds. The van der Waals surface area contributed by atoms with Crippen LogP contribution >= 0.6 is 0 Å². The number of nitrogens with one attached hydrogen (secondary N) is 2. The van der Waals surface area contributed by atoms with E-state index in [0.717, 1.165) is 11.5 Å². The molecule has 0 aliphatic rings. The fourth-order valence-corrected chi connectivity index (χ4v) is 1.58. The molecule has 0 aromatic carbocycles. The molecule has 1 aromatic heterocycles. The van der Waals surface area contributed by atoms with Crippen molar-refractivity contribution in [1.82, 2.24) is 15.3 Å². The minimum Gasteiger partial charge on any atom is -0.444 e. The predicted octanol–water partition coefficient (Wildman–Crippen LogP) is 2.94. The molecule has 5 heteroatoms. The maximum atomic E-state index is 11.8. The van der Waals surface area contributed by atoms with E-state index in [2.05, 4.69) is 15.3 Å². The fraction of sp³-hybridized carbons (Fsp3) is 0.692. The molecule has 1 heterocycles. The standard InChI is InChI=1S/C13H23N3O2/c1-8(2)10(11-14-7-9(3)15-11)16-12(17)18-13(4,5)6/h7-8,10H,1-6H3,(H,14,15)(H,16,17). The number of carbonyl (C=O) groups is 1. The Morgan fingerprint density at radius 1 is 1.44 bits per heavy atom. The lowest BCUT2D eigenvalue weighted by molar-refractivity contribution is 0.0486. The van der Waals surface area contributed by atoms with E-state index >= 15 is 0 Å². The van der Waals surface area contributed by atoms with Crippen molar-refractivity contribution in [2.75, 3.05) is 0 Å². The Kier molecular flexibility index (Phi) is 4.38. The van der Waals surface area contributed by atoms with E-state index in [9.17, 15) is 4.79 Å². The molecule has 0 spiro atoms. The van der Waals surface area contributed by atoms with Gasteiger partial charge in [-0.05, 0) is 33.6 Å². The maximum absolute atomic E-state index is 11.8. The molecule has 1 rings (SSSR count). The van der Waals surface area contributed by atoms with E-state index in [1.54, 1.807) is 6.20 Å². The fourth-order valence-electron chi connectivity index (χ4n) is 1.58. The Morgan fingerprint density at radius 2 is 2.06 bits per heavy atom. The molecule has 0 bridgehead atoms. The van der Waals surface area contributed by atoms with Gasteiger partial charge in [-0.1, -0.05) is 13.8 Å². The first-order valence-electron chi connectivity index (χ1n) is 6.20. The lowest BCUT2D eigenvalue weighted by atomic mass is 10.0. The number of aromatic amines is 1. The van der Waals surface area contributed by atoms with E-state index in [-0.39, 0.29) is 12.0 Å². The van der Waals surface area contributed by atoms with Crippen LogP contribution < -0.4 is 5.32 Å². The summed E-state index contributed by atoms with van der Waals surface area (Å²) >= 11 is 0. The van der Waals surface area contributed by atoms with Crippen molar-refractivity contribution in [2.45, 2.75) is 53.2 Å². The summed E-state index contributed by atoms with van der Waals surface area (Å²) in [5.74, 6) is 0.983. The van der Waals surface area contributed by atoms with Crippen molar-refractivity contribution in [3.05, 3.63) is 17.7 Å². The van der Waals surface area contributed by atoms with Gasteiger partial charge in [0, 0.05) is 11.9 Å². The van der Waals surface area contributed by atoms with Crippen molar-refractivity contribution >= 4 is 6.09 Å². The highest BCUT2D eigenvalue weighted by atomic mass is 16.6. The van der Waals surface area contributed by atoms with Gasteiger partial charge in [0.15, 0.2) is 0 Å². The predicted molar refractivity (Wildman–Crippen MR) is 70.3 cm³/mol. The lowest BCUT2D eigenvalue weighted by Gasteiger charge is -2.24. The van der Waals surface area contributed by atoms with Crippen LogP contribution in [0, 0.1) is 12.8 Å². The summed E-state index contributed by atoms with van der Waals surface area (Å²) in [6, 6.07) is -0.173. The number of H-pyrrole nitrogens is 1. The Hall–Kier alpha value is -1.52. The number of hydrogen-bond donors (Lipinski definition) is 2. The number of nitrogens with zero attached hydrogens (tertiary/aromatic N) is 1. The number of aryl methyl sites for hydroxylation is 1. The van der Waals surface area contributed by atoms with Crippen LogP contribution in [0.25, 0.3) is 0 Å². The van der Waals surface area contributed by atoms with Crippen LogP contribution in [0.1, 0.15) is 52.2 Å². The van der Waals surface area contributed by atoms with Gasteiger partial charge in [0.2, 0.25) is 0 Å². The van der Waals surface area contributed by atoms with Crippen LogP contribution in [-0.4, -0.2) is 21.7 Å². The molecule has 1 atom stereocenters. The van der Waals surface area contributed by atoms with Crippen LogP contribution in [0.2, 0.25) is 0 Å². The van der Waals surface area contributed by atoms with Crippen molar-refractivity contribution in [2.24, 2.45) is 5.92 Å². The summed E-state index contributed by atoms with van der Waals surface area (Å²) in [5, 5.41) is 2.85. The van der Waals surface area contributed by atoms with Gasteiger partial charge in [0.05, 0.1) is 6.04 Å². The molecule has 102 valence electrons. The highest BCUT2D eigenvalue weighted by molar-refractivity contribution is 5.68. The van der Waals surface area contributed by atoms with Gasteiger partial charge in [0.1, 0.15) is 11.4 Å². The number of carbonyl (C=O) groups excluding carboxylic acids is 1. The van der Waals surface area contributed by atoms with Crippen molar-refractivity contribution in [3.63, 3.8) is 0 Å². The van der Waals surface area contributed by atoms with Gasteiger partial charge in [0.25, 0.3) is 0 Å². The highest BCUT2D eigenvalue weighted by Crippen LogP contribution is 2.19. The summed E-state index contributed by atoms with van der Waals surface area (Å²) < 4.78 is 5.25. The molecular formula is C13H23N3O2. The summed E-state index contributed by atoms with van der Waals surface area (Å²) in [6.45, 7) is 11.5. The number of imidazole rings is 1. The van der Waals surface area contributed by atoms with E-state index in [1.165, 1.54) is 0 Å². The number of hydrogen-bond acceptors (Lipinski definition) is 3. The lowest BCUT2D eigenvalue weighted by Crippen LogP contribution is -2.37. The number of aromatic nitrogens is 2. The Bertz CT molecular complexity index is 405. The van der Waals surface area contributed by atoms with E-state index in [0.29, 0.717) is 0 Å². The molecule has 0 saturated carbocycles. The summed E-state index contributed by atoms with van der Waals surface area (Å²) in [5.41, 5.74) is 0.478. The van der Waals surface area contributed by atoms with Gasteiger partial charge in [-0.3, -0.25) is 0 Å². The van der Waals surface area contributed by atoms with Crippen LogP contribution in [0.4, 0.5) is 4.79 Å². The SMILES string of the molecule is Cc1cnc(C(NC(=O)OC(C)(C)C)C(C)C)[nH]1. The van der Waals surface area contributed by atoms with Crippen molar-refractivity contribution in [3.8, 4) is 0 Å². The monoisotopic (exact) mass is 253 g/mol. The van der Waals surface area contributed by atoms with E-state index in [1.807, 2.05) is 41.5 Å². The molecule has 0 aliphatic carbocycles. The minimum absolute atomic E-state index is 0.173. The van der Waals surface area contributed by atoms with Gasteiger partial charge in [-0.2, -0.15) is 0 Å². The molecule has 0 saturated heterocycles. The Balaban J connectivity index is 2.73. The second kappa shape index (κ2) is 5.42. The van der Waals surface area contributed by atoms with Crippen molar-refractivity contribution < 1.29 is 9.53 Å². The topological polar surface area (TPSA) is 67.0 Å². The van der Waals surface area contributed by atoms with Crippen molar-refractivity contribution in [1.29, 1.82) is 0 Å². The third-order valence-corrected chi connectivity index (χ3v) is 2.36. The first kappa shape index (κ1) is 14.5. The number of alkyl carbamates (subject to hydrolysis) is 1. The van der Waals surface area contributed by atoms with Gasteiger partial charge in [-0.25, -0.2) is 9.78 Å². The zero-order valence-electron chi connectivity index (χ0n) is 12.0. The zero-order chi connectivity index (χ0) is 13.9. The minimum atomic E-state index is -0.495. The van der Waals surface area contributed by atoms with E-state index < -0.39 is 11.7 Å². The average molecular weight is 253 g/mol. The Morgan fingerprint density at radius 3 is 2.44 bits per heavy atom. The first-order chi connectivity index (χ1) is 8.19. The Labute approximate surface area is 108 Å². The van der Waals surface area contributed by atoms with E-state index in [4.69, 9.17) is 4.74 Å². The quantitative estimate of drug-likeness (QED) is 0.870. The summed E-state index contributed by atoms with van der Waals surface area (Å²) in [7, 11) is 0. The largest absolute Gasteiger partial charge is 0.444 e. The van der Waals surface area contributed by atoms with Crippen LogP contribution in [-0.2, 0) is 4.74 Å². The van der Waals surface area contributed by atoms with Gasteiger partial charge >= 0.3 is 6.09 Å². The first-order valence-corrected chi connectivity index (χ1v) is 6.20. The third-order valence-electron chi connectivity index (χ3n) is 2.36. The van der Waals surface area contributed by atoms with Crippen LogP contribution in [0.5, 0.6) is 0 Å². The molecule has 2 N–H and O–H groups in total. The second-order valence-electron chi connectivity index (χ2n) is 5.82. The zero-order valence-corrected chi connectivity index (χ0v) is 12.0. The molecule has 0 fully saturated rings. The molecule has 0 aliphatic heterocycles. The van der Waals surface area contributed by atoms with Crippen LogP contribution in [0.3, 0.4) is 0 Å². The molecular weight excluding hydrogens is 230 g/mol. The molecule has 18 heavy (non-hydrogen) atoms. The smallest absolute Gasteiger partial charge is 0.408 e. The second-order valence-corrected chi connectivity index (χ2v) is 5.82. The number of amides is 1. The highest BCUT2D eigenvalue weighted by Gasteiger charge is 2.24. The molecule has 5 nitrogen and oxygen atoms in total. The third kappa shape index (κ3) is 4.39. The van der Waals surface area contributed by atoms with Crippen LogP contribution in [0.15, 0.2) is 6.20 Å². The molecule has 1 unspecified atom stereocenters. The number of rotatable bonds is 3. The average Bonchev–Trinajstić information content (AvgIpc) is 2.57. The van der Waals surface area contributed by atoms with Gasteiger partial charge < -0.3 is 15.0 Å². The van der Waals surface area contributed by atoms with Gasteiger partial charge in [-0.15, -0.1) is 0 Å². The molecule has 0 radical (unpaired) electrons. The molecule has 1 aromatic rings. The summed E-state index contributed by atoms with van der Waals surface area (Å²) in [4.78, 5) is 19.2. The normalized spacial score (nSPS) is 13.5.